The maximum Gasteiger partial charge on any atom is 0.0522 e. The van der Waals surface area contributed by atoms with Gasteiger partial charge in [0.2, 0.25) is 0 Å². The summed E-state index contributed by atoms with van der Waals surface area (Å²) in [6.45, 7) is 5.68. The summed E-state index contributed by atoms with van der Waals surface area (Å²) in [5.74, 6) is 0. The lowest BCUT2D eigenvalue weighted by atomic mass is 9.97. The van der Waals surface area contributed by atoms with E-state index in [2.05, 4.69) is 85.5 Å². The van der Waals surface area contributed by atoms with E-state index in [1.54, 1.807) is 0 Å². The Morgan fingerprint density at radius 3 is 1.88 bits per heavy atom. The molecule has 0 spiro atoms. The van der Waals surface area contributed by atoms with Crippen LogP contribution >= 0.6 is 0 Å². The number of nitrogens with zero attached hydrogens (tertiary/aromatic N) is 1. The van der Waals surface area contributed by atoms with Crippen molar-refractivity contribution in [3.63, 3.8) is 0 Å². The van der Waals surface area contributed by atoms with Crippen LogP contribution in [0.1, 0.15) is 96.5 Å². The van der Waals surface area contributed by atoms with Crippen molar-refractivity contribution in [2.24, 2.45) is 0 Å². The normalized spacial score (nSPS) is 11.2. The van der Waals surface area contributed by atoms with Crippen LogP contribution in [-0.2, 0) is 6.42 Å². The SMILES string of the molecule is CCCCCCCCc1ccc2ccccc2c1N(CCCCCCCC)c1ccccc1. The van der Waals surface area contributed by atoms with Gasteiger partial charge in [-0.3, -0.25) is 0 Å². The lowest BCUT2D eigenvalue weighted by Crippen LogP contribution is -2.20. The number of hydrogen-bond acceptors (Lipinski definition) is 1. The predicted octanol–water partition coefficient (Wildman–Crippen LogP) is 10.2. The Morgan fingerprint density at radius 1 is 0.545 bits per heavy atom. The Balaban J connectivity index is 1.84. The van der Waals surface area contributed by atoms with Gasteiger partial charge < -0.3 is 4.90 Å². The van der Waals surface area contributed by atoms with Crippen LogP contribution in [0.2, 0.25) is 0 Å². The molecule has 0 N–H and O–H groups in total. The number of fused-ring (bicyclic) bond motifs is 1. The van der Waals surface area contributed by atoms with Gasteiger partial charge in [0.25, 0.3) is 0 Å². The molecule has 0 aromatic heterocycles. The minimum absolute atomic E-state index is 1.09. The fraction of sp³-hybridized carbons (Fsp3) is 0.500. The van der Waals surface area contributed by atoms with E-state index in [9.17, 15) is 0 Å². The topological polar surface area (TPSA) is 3.24 Å². The van der Waals surface area contributed by atoms with E-state index < -0.39 is 0 Å². The van der Waals surface area contributed by atoms with Crippen molar-refractivity contribution in [1.29, 1.82) is 0 Å². The van der Waals surface area contributed by atoms with Crippen molar-refractivity contribution >= 4 is 22.1 Å². The second kappa shape index (κ2) is 14.8. The molecular formula is C32H45N. The molecule has 3 aromatic carbocycles. The van der Waals surface area contributed by atoms with Gasteiger partial charge >= 0.3 is 0 Å². The Morgan fingerprint density at radius 2 is 1.15 bits per heavy atom. The third-order valence-electron chi connectivity index (χ3n) is 6.86. The van der Waals surface area contributed by atoms with E-state index in [0.29, 0.717) is 0 Å². The molecule has 0 saturated heterocycles. The molecule has 0 atom stereocenters. The van der Waals surface area contributed by atoms with Crippen LogP contribution in [0.3, 0.4) is 0 Å². The summed E-state index contributed by atoms with van der Waals surface area (Å²) in [5.41, 5.74) is 4.28. The molecule has 1 nitrogen and oxygen atoms in total. The van der Waals surface area contributed by atoms with E-state index in [0.717, 1.165) is 6.54 Å². The van der Waals surface area contributed by atoms with Crippen molar-refractivity contribution in [2.75, 3.05) is 11.4 Å². The molecule has 178 valence electrons. The molecule has 0 saturated carbocycles. The van der Waals surface area contributed by atoms with Crippen LogP contribution in [0.25, 0.3) is 10.8 Å². The van der Waals surface area contributed by atoms with E-state index in [4.69, 9.17) is 0 Å². The third-order valence-corrected chi connectivity index (χ3v) is 6.86. The van der Waals surface area contributed by atoms with Crippen LogP contribution < -0.4 is 4.90 Å². The van der Waals surface area contributed by atoms with Crippen molar-refractivity contribution < 1.29 is 0 Å². The molecule has 0 heterocycles. The van der Waals surface area contributed by atoms with E-state index in [1.807, 2.05) is 0 Å². The molecular weight excluding hydrogens is 398 g/mol. The standard InChI is InChI=1S/C32H45N/c1-3-5-7-9-11-14-21-29-26-25-28-20-17-18-24-31(28)32(29)33(30-22-15-13-16-23-30)27-19-12-10-8-6-4-2/h13,15-18,20,22-26H,3-12,14,19,21,27H2,1-2H3. The second-order valence-electron chi connectivity index (χ2n) is 9.57. The van der Waals surface area contributed by atoms with Crippen LogP contribution in [0.4, 0.5) is 11.4 Å². The molecule has 1 heteroatoms. The van der Waals surface area contributed by atoms with Crippen molar-refractivity contribution in [3.8, 4) is 0 Å². The summed E-state index contributed by atoms with van der Waals surface area (Å²) in [4.78, 5) is 2.62. The molecule has 0 fully saturated rings. The van der Waals surface area contributed by atoms with Gasteiger partial charge in [-0.15, -0.1) is 0 Å². The molecule has 0 bridgehead atoms. The number of aryl methyl sites for hydroxylation is 1. The lowest BCUT2D eigenvalue weighted by molar-refractivity contribution is 0.604. The quantitative estimate of drug-likeness (QED) is 0.199. The Bertz CT molecular complexity index is 914. The number of para-hydroxylation sites is 1. The van der Waals surface area contributed by atoms with Gasteiger partial charge in [-0.1, -0.05) is 133 Å². The predicted molar refractivity (Wildman–Crippen MR) is 148 cm³/mol. The summed E-state index contributed by atoms with van der Waals surface area (Å²) >= 11 is 0. The van der Waals surface area contributed by atoms with Crippen LogP contribution in [0, 0.1) is 0 Å². The number of unbranched alkanes of at least 4 members (excludes halogenated alkanes) is 10. The third kappa shape index (κ3) is 7.91. The fourth-order valence-corrected chi connectivity index (χ4v) is 4.94. The first kappa shape index (κ1) is 25.3. The largest absolute Gasteiger partial charge is 0.341 e. The Labute approximate surface area is 203 Å². The van der Waals surface area contributed by atoms with Crippen molar-refractivity contribution in [3.05, 3.63) is 72.3 Å². The number of hydrogen-bond donors (Lipinski definition) is 0. The maximum absolute atomic E-state index is 2.62. The first-order valence-electron chi connectivity index (χ1n) is 13.7. The van der Waals surface area contributed by atoms with Gasteiger partial charge in [0.05, 0.1) is 5.69 Å². The smallest absolute Gasteiger partial charge is 0.0522 e. The highest BCUT2D eigenvalue weighted by molar-refractivity contribution is 5.97. The molecule has 3 aromatic rings. The molecule has 33 heavy (non-hydrogen) atoms. The first-order valence-corrected chi connectivity index (χ1v) is 13.7. The second-order valence-corrected chi connectivity index (χ2v) is 9.57. The molecule has 0 radical (unpaired) electrons. The summed E-state index contributed by atoms with van der Waals surface area (Å²) in [5, 5.41) is 2.75. The summed E-state index contributed by atoms with van der Waals surface area (Å²) in [7, 11) is 0. The lowest BCUT2D eigenvalue weighted by Gasteiger charge is -2.29. The van der Waals surface area contributed by atoms with E-state index in [-0.39, 0.29) is 0 Å². The molecule has 0 aliphatic rings. The fourth-order valence-electron chi connectivity index (χ4n) is 4.94. The molecule has 0 aliphatic heterocycles. The van der Waals surface area contributed by atoms with Crippen molar-refractivity contribution in [2.45, 2.75) is 97.3 Å². The van der Waals surface area contributed by atoms with E-state index >= 15 is 0 Å². The molecule has 0 unspecified atom stereocenters. The number of rotatable bonds is 16. The highest BCUT2D eigenvalue weighted by Crippen LogP contribution is 2.37. The zero-order chi connectivity index (χ0) is 23.1. The Hall–Kier alpha value is -2.28. The van der Waals surface area contributed by atoms with Gasteiger partial charge in [-0.2, -0.15) is 0 Å². The number of benzene rings is 3. The van der Waals surface area contributed by atoms with Crippen LogP contribution in [0.15, 0.2) is 66.7 Å². The van der Waals surface area contributed by atoms with Crippen molar-refractivity contribution in [1.82, 2.24) is 0 Å². The van der Waals surface area contributed by atoms with Gasteiger partial charge in [-0.25, -0.2) is 0 Å². The monoisotopic (exact) mass is 443 g/mol. The summed E-state index contributed by atoms with van der Waals surface area (Å²) in [6.07, 6.45) is 17.2. The van der Waals surface area contributed by atoms with E-state index in [1.165, 1.54) is 111 Å². The van der Waals surface area contributed by atoms with Crippen LogP contribution in [0.5, 0.6) is 0 Å². The average molecular weight is 444 g/mol. The number of anilines is 2. The zero-order valence-corrected chi connectivity index (χ0v) is 21.2. The first-order chi connectivity index (χ1) is 16.3. The summed E-state index contributed by atoms with van der Waals surface area (Å²) < 4.78 is 0. The van der Waals surface area contributed by atoms with Gasteiger partial charge in [0.15, 0.2) is 0 Å². The minimum atomic E-state index is 1.09. The van der Waals surface area contributed by atoms with Crippen LogP contribution in [-0.4, -0.2) is 6.54 Å². The zero-order valence-electron chi connectivity index (χ0n) is 21.2. The summed E-state index contributed by atoms with van der Waals surface area (Å²) in [6, 6.07) is 24.8. The molecule has 3 rings (SSSR count). The molecule has 0 aliphatic carbocycles. The minimum Gasteiger partial charge on any atom is -0.341 e. The highest BCUT2D eigenvalue weighted by Gasteiger charge is 2.16. The molecule has 0 amide bonds. The average Bonchev–Trinajstić information content (AvgIpc) is 2.86. The van der Waals surface area contributed by atoms with Gasteiger partial charge in [-0.05, 0) is 42.3 Å². The Kier molecular flexibility index (Phi) is 11.4. The highest BCUT2D eigenvalue weighted by atomic mass is 15.1. The maximum atomic E-state index is 2.62. The van der Waals surface area contributed by atoms with Gasteiger partial charge in [0, 0.05) is 17.6 Å². The van der Waals surface area contributed by atoms with Gasteiger partial charge in [0.1, 0.15) is 0 Å².